The lowest BCUT2D eigenvalue weighted by atomic mass is 9.97. The van der Waals surface area contributed by atoms with Crippen molar-refractivity contribution in [3.8, 4) is 0 Å². The van der Waals surface area contributed by atoms with Crippen LogP contribution in [0.5, 0.6) is 0 Å². The van der Waals surface area contributed by atoms with Crippen molar-refractivity contribution < 1.29 is 26.7 Å². The van der Waals surface area contributed by atoms with Gasteiger partial charge in [-0.2, -0.15) is 0 Å². The second kappa shape index (κ2) is 7.92. The highest BCUT2D eigenvalue weighted by Crippen LogP contribution is 2.24. The molecule has 0 aliphatic carbocycles. The molecule has 0 radical (unpaired) electrons. The van der Waals surface area contributed by atoms with Gasteiger partial charge in [0.15, 0.2) is 29.1 Å². The summed E-state index contributed by atoms with van der Waals surface area (Å²) in [6.45, 7) is 1.90. The van der Waals surface area contributed by atoms with E-state index in [2.05, 4.69) is 0 Å². The van der Waals surface area contributed by atoms with E-state index in [0.717, 1.165) is 5.56 Å². The van der Waals surface area contributed by atoms with E-state index in [4.69, 9.17) is 0 Å². The summed E-state index contributed by atoms with van der Waals surface area (Å²) in [5.41, 5.74) is 1.54. The van der Waals surface area contributed by atoms with E-state index in [1.165, 1.54) is 0 Å². The van der Waals surface area contributed by atoms with Crippen molar-refractivity contribution in [3.05, 3.63) is 105 Å². The lowest BCUT2D eigenvalue weighted by Crippen LogP contribution is -2.08. The Balaban J connectivity index is 1.83. The molecule has 0 unspecified atom stereocenters. The van der Waals surface area contributed by atoms with Crippen molar-refractivity contribution in [1.82, 2.24) is 0 Å². The van der Waals surface area contributed by atoms with Crippen LogP contribution in [0.1, 0.15) is 32.6 Å². The van der Waals surface area contributed by atoms with Gasteiger partial charge in [0.25, 0.3) is 0 Å². The number of rotatable bonds is 5. The minimum atomic E-state index is -2.18. The van der Waals surface area contributed by atoms with Crippen LogP contribution in [0.25, 0.3) is 0 Å². The molecule has 0 saturated carbocycles. The predicted octanol–water partition coefficient (Wildman–Crippen LogP) is 5.71. The van der Waals surface area contributed by atoms with Crippen LogP contribution in [0.3, 0.4) is 0 Å². The first-order valence-corrected chi connectivity index (χ1v) is 8.50. The zero-order chi connectivity index (χ0) is 20.4. The highest BCUT2D eigenvalue weighted by Gasteiger charge is 2.25. The summed E-state index contributed by atoms with van der Waals surface area (Å²) in [5, 5.41) is 0. The Morgan fingerprint density at radius 3 is 1.89 bits per heavy atom. The number of aryl methyl sites for hydroxylation is 2. The Bertz CT molecular complexity index is 1010. The van der Waals surface area contributed by atoms with Crippen molar-refractivity contribution in [1.29, 1.82) is 0 Å². The molecule has 6 heteroatoms. The molecule has 0 N–H and O–H groups in total. The van der Waals surface area contributed by atoms with Crippen molar-refractivity contribution in [3.63, 3.8) is 0 Å². The molecule has 0 spiro atoms. The number of hydrogen-bond acceptors (Lipinski definition) is 1. The molecular formula is C22H15F5O. The van der Waals surface area contributed by atoms with Gasteiger partial charge in [-0.05, 0) is 31.4 Å². The first kappa shape index (κ1) is 19.7. The van der Waals surface area contributed by atoms with Gasteiger partial charge in [-0.3, -0.25) is 4.79 Å². The van der Waals surface area contributed by atoms with E-state index in [-0.39, 0.29) is 12.2 Å². The molecule has 28 heavy (non-hydrogen) atoms. The van der Waals surface area contributed by atoms with Crippen molar-refractivity contribution >= 4 is 5.78 Å². The SMILES string of the molecule is Cc1ccc(C(=O)c2cccc(CCc3c(F)c(F)c(F)c(F)c3F)c2)cc1. The Labute approximate surface area is 158 Å². The standard InChI is InChI=1S/C22H15F5O/c1-12-5-8-14(9-6-12)22(28)15-4-2-3-13(11-15)7-10-16-17(23)19(25)21(27)20(26)18(16)24/h2-6,8-9,11H,7,10H2,1H3. The van der Waals surface area contributed by atoms with Crippen LogP contribution < -0.4 is 0 Å². The van der Waals surface area contributed by atoms with E-state index >= 15 is 0 Å². The van der Waals surface area contributed by atoms with Crippen LogP contribution in [-0.2, 0) is 12.8 Å². The summed E-state index contributed by atoms with van der Waals surface area (Å²) >= 11 is 0. The van der Waals surface area contributed by atoms with Gasteiger partial charge in [-0.15, -0.1) is 0 Å². The molecule has 0 heterocycles. The van der Waals surface area contributed by atoms with Crippen LogP contribution in [0.2, 0.25) is 0 Å². The molecule has 144 valence electrons. The van der Waals surface area contributed by atoms with Crippen LogP contribution in [0, 0.1) is 36.0 Å². The molecule has 1 nitrogen and oxygen atoms in total. The van der Waals surface area contributed by atoms with Gasteiger partial charge >= 0.3 is 0 Å². The van der Waals surface area contributed by atoms with Gasteiger partial charge in [-0.25, -0.2) is 22.0 Å². The molecule has 0 aliphatic heterocycles. The second-order valence-electron chi connectivity index (χ2n) is 6.44. The van der Waals surface area contributed by atoms with Crippen molar-refractivity contribution in [2.24, 2.45) is 0 Å². The summed E-state index contributed by atoms with van der Waals surface area (Å²) in [6.07, 6.45) is -0.388. The summed E-state index contributed by atoms with van der Waals surface area (Å²) in [6, 6.07) is 13.4. The van der Waals surface area contributed by atoms with Crippen molar-refractivity contribution in [2.75, 3.05) is 0 Å². The van der Waals surface area contributed by atoms with Gasteiger partial charge in [-0.1, -0.05) is 48.0 Å². The third-order valence-electron chi connectivity index (χ3n) is 4.47. The zero-order valence-electron chi connectivity index (χ0n) is 14.8. The molecule has 0 aliphatic rings. The van der Waals surface area contributed by atoms with Crippen LogP contribution in [-0.4, -0.2) is 5.78 Å². The van der Waals surface area contributed by atoms with Gasteiger partial charge in [0, 0.05) is 16.7 Å². The third-order valence-corrected chi connectivity index (χ3v) is 4.47. The second-order valence-corrected chi connectivity index (χ2v) is 6.44. The van der Waals surface area contributed by atoms with Crippen LogP contribution in [0.4, 0.5) is 22.0 Å². The predicted molar refractivity (Wildman–Crippen MR) is 94.7 cm³/mol. The van der Waals surface area contributed by atoms with Gasteiger partial charge < -0.3 is 0 Å². The van der Waals surface area contributed by atoms with Gasteiger partial charge in [0.1, 0.15) is 0 Å². The number of benzene rings is 3. The molecular weight excluding hydrogens is 375 g/mol. The summed E-state index contributed by atoms with van der Waals surface area (Å²) in [5.74, 6) is -9.98. The average Bonchev–Trinajstić information content (AvgIpc) is 2.71. The Morgan fingerprint density at radius 2 is 1.29 bits per heavy atom. The van der Waals surface area contributed by atoms with E-state index in [1.807, 2.05) is 6.92 Å². The fourth-order valence-electron chi connectivity index (χ4n) is 2.88. The molecule has 0 bridgehead atoms. The van der Waals surface area contributed by atoms with Gasteiger partial charge in [0.2, 0.25) is 5.82 Å². The van der Waals surface area contributed by atoms with Crippen molar-refractivity contribution in [2.45, 2.75) is 19.8 Å². The minimum Gasteiger partial charge on any atom is -0.289 e. The smallest absolute Gasteiger partial charge is 0.200 e. The maximum absolute atomic E-state index is 13.8. The number of carbonyl (C=O) groups excluding carboxylic acids is 1. The summed E-state index contributed by atoms with van der Waals surface area (Å²) in [7, 11) is 0. The maximum atomic E-state index is 13.8. The first-order chi connectivity index (χ1) is 13.3. The Hall–Kier alpha value is -3.02. The number of halogens is 5. The summed E-state index contributed by atoms with van der Waals surface area (Å²) in [4.78, 5) is 12.6. The number of hydrogen-bond donors (Lipinski definition) is 0. The van der Waals surface area contributed by atoms with Crippen LogP contribution >= 0.6 is 0 Å². The molecule has 0 amide bonds. The van der Waals surface area contributed by atoms with E-state index in [9.17, 15) is 26.7 Å². The molecule has 0 fully saturated rings. The highest BCUT2D eigenvalue weighted by molar-refractivity contribution is 6.09. The first-order valence-electron chi connectivity index (χ1n) is 8.50. The highest BCUT2D eigenvalue weighted by atomic mass is 19.2. The lowest BCUT2D eigenvalue weighted by molar-refractivity contribution is 0.103. The molecule has 3 aromatic rings. The molecule has 0 aromatic heterocycles. The monoisotopic (exact) mass is 390 g/mol. The fourth-order valence-corrected chi connectivity index (χ4v) is 2.88. The zero-order valence-corrected chi connectivity index (χ0v) is 14.8. The summed E-state index contributed by atoms with van der Waals surface area (Å²) < 4.78 is 67.3. The largest absolute Gasteiger partial charge is 0.289 e. The van der Waals surface area contributed by atoms with E-state index in [0.29, 0.717) is 16.7 Å². The minimum absolute atomic E-state index is 0.00731. The normalized spacial score (nSPS) is 10.9. The molecule has 3 aromatic carbocycles. The molecule has 0 atom stereocenters. The third kappa shape index (κ3) is 3.81. The Kier molecular flexibility index (Phi) is 5.58. The lowest BCUT2D eigenvalue weighted by Gasteiger charge is -2.09. The average molecular weight is 390 g/mol. The van der Waals surface area contributed by atoms with E-state index in [1.54, 1.807) is 48.5 Å². The fraction of sp³-hybridized carbons (Fsp3) is 0.136. The number of ketones is 1. The topological polar surface area (TPSA) is 17.1 Å². The number of carbonyl (C=O) groups is 1. The van der Waals surface area contributed by atoms with E-state index < -0.39 is 41.1 Å². The van der Waals surface area contributed by atoms with Crippen LogP contribution in [0.15, 0.2) is 48.5 Å². The molecule has 0 saturated heterocycles. The molecule has 3 rings (SSSR count). The Morgan fingerprint density at radius 1 is 0.714 bits per heavy atom. The maximum Gasteiger partial charge on any atom is 0.200 e. The quantitative estimate of drug-likeness (QED) is 0.236. The van der Waals surface area contributed by atoms with Gasteiger partial charge in [0.05, 0.1) is 0 Å².